The number of esters is 2. The number of nitrogens with two attached hydrogens (primary N) is 1. The number of carboxylic acid groups (broad SMARTS) is 1. The number of aryl methyl sites for hydroxylation is 2. The number of rotatable bonds is 21. The Morgan fingerprint density at radius 3 is 1.53 bits per heavy atom. The fraction of sp³-hybridized carbons (Fsp3) is 0.217. The van der Waals surface area contributed by atoms with Gasteiger partial charge in [-0.1, -0.05) is 46.2 Å². The molecule has 8 aromatic rings. The lowest BCUT2D eigenvalue weighted by Gasteiger charge is -2.10. The minimum absolute atomic E-state index is 0.00739. The van der Waals surface area contributed by atoms with Crippen molar-refractivity contribution in [1.82, 2.24) is 49.5 Å². The quantitative estimate of drug-likeness (QED) is 0.0446. The molecule has 0 bridgehead atoms. The number of hydrogen-bond acceptors (Lipinski definition) is 25. The third-order valence-corrected chi connectivity index (χ3v) is 17.0. The van der Waals surface area contributed by atoms with Gasteiger partial charge in [0, 0.05) is 33.7 Å². The Labute approximate surface area is 463 Å². The Kier molecular flexibility index (Phi) is 22.9. The zero-order valence-electron chi connectivity index (χ0n) is 40.6. The molecular weight excluding hydrogens is 1120 g/mol. The van der Waals surface area contributed by atoms with Crippen LogP contribution in [0.5, 0.6) is 11.5 Å². The number of nitrogens with one attached hydrogen (secondary N) is 1. The number of carbonyl (C=O) groups excluding carboxylic acids is 3. The topological polar surface area (TPSA) is 276 Å². The number of thiazole rings is 2. The number of carboxylic acids is 1. The van der Waals surface area contributed by atoms with E-state index < -0.39 is 11.9 Å². The highest BCUT2D eigenvalue weighted by atomic mass is 32.2. The maximum absolute atomic E-state index is 13.3. The molecule has 392 valence electrons. The van der Waals surface area contributed by atoms with Crippen molar-refractivity contribution in [3.8, 4) is 11.5 Å². The summed E-state index contributed by atoms with van der Waals surface area (Å²) in [6.07, 6.45) is 6.45. The van der Waals surface area contributed by atoms with Crippen LogP contribution in [0.15, 0.2) is 146 Å². The molecule has 4 N–H and O–H groups in total. The number of nitrogen functional groups attached to an aromatic ring is 1. The van der Waals surface area contributed by atoms with Crippen LogP contribution in [0.3, 0.4) is 0 Å². The van der Waals surface area contributed by atoms with E-state index >= 15 is 0 Å². The zero-order chi connectivity index (χ0) is 53.7. The summed E-state index contributed by atoms with van der Waals surface area (Å²) in [5, 5.41) is 31.4. The summed E-state index contributed by atoms with van der Waals surface area (Å²) < 4.78 is 25.3. The lowest BCUT2D eigenvalue weighted by atomic mass is 10.3. The molecule has 0 unspecified atom stereocenters. The molecule has 0 saturated heterocycles. The molecule has 8 rings (SSSR count). The van der Waals surface area contributed by atoms with Crippen molar-refractivity contribution >= 4 is 127 Å². The van der Waals surface area contributed by atoms with Crippen molar-refractivity contribution in [2.24, 2.45) is 14.1 Å². The number of pyridine rings is 2. The van der Waals surface area contributed by atoms with Gasteiger partial charge in [0.25, 0.3) is 5.91 Å². The fourth-order valence-electron chi connectivity index (χ4n) is 5.45. The van der Waals surface area contributed by atoms with Crippen molar-refractivity contribution in [3.63, 3.8) is 0 Å². The van der Waals surface area contributed by atoms with E-state index in [2.05, 4.69) is 45.6 Å². The van der Waals surface area contributed by atoms with Gasteiger partial charge in [-0.3, -0.25) is 19.7 Å². The summed E-state index contributed by atoms with van der Waals surface area (Å²) in [5.74, 6) is 0.00841. The van der Waals surface area contributed by atoms with E-state index in [1.165, 1.54) is 93.2 Å². The first kappa shape index (κ1) is 57.9. The van der Waals surface area contributed by atoms with Crippen LogP contribution in [-0.2, 0) is 33.2 Å². The molecule has 1 amide bonds. The van der Waals surface area contributed by atoms with Gasteiger partial charge >= 0.3 is 17.9 Å². The van der Waals surface area contributed by atoms with Gasteiger partial charge in [-0.25, -0.2) is 24.7 Å². The summed E-state index contributed by atoms with van der Waals surface area (Å²) in [4.78, 5) is 67.6. The molecule has 0 radical (unpaired) electrons. The molecule has 29 heteroatoms. The first-order valence-electron chi connectivity index (χ1n) is 21.7. The summed E-state index contributed by atoms with van der Waals surface area (Å²) in [7, 11) is 6.86. The number of aromatic nitrogens is 10. The van der Waals surface area contributed by atoms with E-state index in [9.17, 15) is 24.3 Å². The minimum atomic E-state index is -1.07. The molecule has 2 aromatic carbocycles. The number of hydrogen-bond donors (Lipinski definition) is 3. The fourth-order valence-corrected chi connectivity index (χ4v) is 11.9. The number of methoxy groups -OCH3 is 2. The number of thioether (sulfide) groups is 2. The molecule has 0 spiro atoms. The first-order chi connectivity index (χ1) is 36.2. The molecule has 75 heavy (non-hydrogen) atoms. The molecule has 0 aliphatic carbocycles. The molecule has 21 nitrogen and oxygen atoms in total. The largest absolute Gasteiger partial charge is 0.497 e. The average molecular weight is 1170 g/mol. The van der Waals surface area contributed by atoms with Crippen LogP contribution in [0, 0.1) is 0 Å². The highest BCUT2D eigenvalue weighted by molar-refractivity contribution is 8.02. The van der Waals surface area contributed by atoms with E-state index in [0.29, 0.717) is 59.4 Å². The Morgan fingerprint density at radius 1 is 0.640 bits per heavy atom. The predicted octanol–water partition coefficient (Wildman–Crippen LogP) is 9.48. The highest BCUT2D eigenvalue weighted by Gasteiger charge is 2.20. The molecule has 0 atom stereocenters. The summed E-state index contributed by atoms with van der Waals surface area (Å²) >= 11 is 10.7. The Hall–Kier alpha value is -6.34. The second-order valence-electron chi connectivity index (χ2n) is 14.1. The first-order valence-corrected chi connectivity index (χ1v) is 28.6. The van der Waals surface area contributed by atoms with Crippen LogP contribution in [-0.4, -0.2) is 117 Å². The van der Waals surface area contributed by atoms with Gasteiger partial charge in [0.2, 0.25) is 0 Å². The van der Waals surface area contributed by atoms with Gasteiger partial charge in [-0.2, -0.15) is 0 Å². The van der Waals surface area contributed by atoms with E-state index in [0.717, 1.165) is 29.7 Å². The number of amides is 1. The number of benzene rings is 2. The smallest absolute Gasteiger partial charge is 0.355 e. The van der Waals surface area contributed by atoms with Crippen LogP contribution in [0.25, 0.3) is 0 Å². The molecule has 0 aliphatic rings. The third kappa shape index (κ3) is 18.5. The van der Waals surface area contributed by atoms with Crippen LogP contribution in [0.4, 0.5) is 10.3 Å². The molecule has 0 saturated carbocycles. The van der Waals surface area contributed by atoms with Gasteiger partial charge in [0.15, 0.2) is 26.3 Å². The summed E-state index contributed by atoms with van der Waals surface area (Å²) in [5.41, 5.74) is 5.68. The van der Waals surface area contributed by atoms with Crippen LogP contribution < -0.4 is 20.5 Å². The van der Waals surface area contributed by atoms with Gasteiger partial charge in [0.1, 0.15) is 39.9 Å². The molecule has 0 aliphatic heterocycles. The number of ether oxygens (including phenoxy) is 4. The van der Waals surface area contributed by atoms with E-state index in [1.54, 1.807) is 74.4 Å². The second-order valence-corrected chi connectivity index (χ2v) is 23.0. The SMILES string of the molecule is CCOC(=O)CSc1cnc(N)s1.CCOC(=O)CSc1cnc(NC(=O)c2nc(Sc3nncn3C)ccc2Sc2ccc(OC)cc2)s1.COc1ccc(Sc2ccc(Sc3nncn3C)nc2C(=O)O)cc1. The second kappa shape index (κ2) is 29.7. The number of anilines is 2. The van der Waals surface area contributed by atoms with Crippen LogP contribution in [0.1, 0.15) is 34.8 Å². The standard InChI is InChI=1S/C23H22N6O4S4.C16H14N4O3S2.C7H10N2O2S2/c1-4-33-18(30)12-34-19-11-24-22(37-19)27-21(31)20-16(35-15-7-5-14(32-3)6-8-15)9-10-17(26-20)36-23-28-25-13-29(23)2;1-20-9-17-19-16(20)25-13-8-7-12(14(18-13)15(21)22)24-11-5-3-10(23-2)4-6-11;1-2-11-5(10)4-12-6-3-9-7(8)13-6/h5-11,13H,4,12H2,1-3H3,(H,24,27,31);3-9H,1-2H3,(H,21,22);3H,2,4H2,1H3,(H2,8,9). The monoisotopic (exact) mass is 1170 g/mol. The van der Waals surface area contributed by atoms with Gasteiger partial charge in [0.05, 0.1) is 59.8 Å². The minimum Gasteiger partial charge on any atom is -0.497 e. The average Bonchev–Trinajstić information content (AvgIpc) is 4.24. The van der Waals surface area contributed by atoms with Crippen molar-refractivity contribution < 1.29 is 43.2 Å². The maximum Gasteiger partial charge on any atom is 0.355 e. The molecule has 6 heterocycles. The van der Waals surface area contributed by atoms with E-state index in [-0.39, 0.29) is 29.1 Å². The lowest BCUT2D eigenvalue weighted by Crippen LogP contribution is -2.15. The van der Waals surface area contributed by atoms with Gasteiger partial charge in [-0.05, 0) is 110 Å². The lowest BCUT2D eigenvalue weighted by molar-refractivity contribution is -0.140. The Morgan fingerprint density at radius 2 is 1.11 bits per heavy atom. The predicted molar refractivity (Wildman–Crippen MR) is 291 cm³/mol. The van der Waals surface area contributed by atoms with Gasteiger partial charge < -0.3 is 38.9 Å². The normalized spacial score (nSPS) is 10.6. The van der Waals surface area contributed by atoms with Crippen LogP contribution in [0.2, 0.25) is 0 Å². The number of nitrogens with zero attached hydrogens (tertiary/aromatic N) is 10. The Bertz CT molecular complexity index is 3160. The van der Waals surface area contributed by atoms with E-state index in [4.69, 9.17) is 24.7 Å². The summed E-state index contributed by atoms with van der Waals surface area (Å²) in [6, 6.07) is 22.2. The maximum atomic E-state index is 13.3. The Balaban J connectivity index is 0.000000206. The molecule has 6 aromatic heterocycles. The van der Waals surface area contributed by atoms with Crippen molar-refractivity contribution in [2.45, 2.75) is 62.2 Å². The van der Waals surface area contributed by atoms with Crippen molar-refractivity contribution in [2.75, 3.05) is 50.0 Å². The van der Waals surface area contributed by atoms with E-state index in [1.807, 2.05) is 74.8 Å². The zero-order valence-corrected chi connectivity index (χ0v) is 47.1. The molecular formula is C46H46N12O9S8. The van der Waals surface area contributed by atoms with Crippen molar-refractivity contribution in [1.29, 1.82) is 0 Å². The highest BCUT2D eigenvalue weighted by Crippen LogP contribution is 2.36. The number of aromatic carboxylic acids is 1. The summed E-state index contributed by atoms with van der Waals surface area (Å²) in [6.45, 7) is 4.30. The van der Waals surface area contributed by atoms with Crippen LogP contribution >= 0.6 is 93.2 Å². The third-order valence-electron chi connectivity index (χ3n) is 8.87. The van der Waals surface area contributed by atoms with Crippen molar-refractivity contribution in [3.05, 3.63) is 109 Å². The van der Waals surface area contributed by atoms with Gasteiger partial charge in [-0.15, -0.1) is 43.9 Å². The number of carbonyl (C=O) groups is 4. The molecule has 0 fully saturated rings.